The molecule has 2 fully saturated rings. The highest BCUT2D eigenvalue weighted by molar-refractivity contribution is 5.90. The number of carbonyl (C=O) groups excluding carboxylic acids is 1. The number of nitrogens with one attached hydrogen (secondary N) is 2. The van der Waals surface area contributed by atoms with Crippen molar-refractivity contribution >= 4 is 24.0 Å². The van der Waals surface area contributed by atoms with Crippen molar-refractivity contribution in [3.8, 4) is 0 Å². The van der Waals surface area contributed by atoms with Crippen LogP contribution >= 0.6 is 12.4 Å². The minimum Gasteiger partial charge on any atom is -0.374 e. The lowest BCUT2D eigenvalue weighted by molar-refractivity contribution is -0.117. The van der Waals surface area contributed by atoms with Crippen LogP contribution in [-0.2, 0) is 16.1 Å². The second-order valence-corrected chi connectivity index (χ2v) is 7.29. The van der Waals surface area contributed by atoms with Gasteiger partial charge in [-0.2, -0.15) is 0 Å². The largest absolute Gasteiger partial charge is 0.374 e. The van der Waals surface area contributed by atoms with Crippen molar-refractivity contribution in [2.24, 2.45) is 5.92 Å². The molecule has 0 aromatic heterocycles. The summed E-state index contributed by atoms with van der Waals surface area (Å²) in [5.41, 5.74) is 1.97. The lowest BCUT2D eigenvalue weighted by atomic mass is 9.89. The topological polar surface area (TPSA) is 50.4 Å². The van der Waals surface area contributed by atoms with Gasteiger partial charge in [0.1, 0.15) is 0 Å². The summed E-state index contributed by atoms with van der Waals surface area (Å²) in [6.45, 7) is 4.63. The molecule has 4 nitrogen and oxygen atoms in total. The van der Waals surface area contributed by atoms with E-state index in [0.717, 1.165) is 24.1 Å². The molecule has 0 saturated carbocycles. The third-order valence-corrected chi connectivity index (χ3v) is 4.84. The van der Waals surface area contributed by atoms with Gasteiger partial charge in [0.2, 0.25) is 5.91 Å². The fourth-order valence-electron chi connectivity index (χ4n) is 3.82. The molecule has 24 heavy (non-hydrogen) atoms. The summed E-state index contributed by atoms with van der Waals surface area (Å²) < 4.78 is 5.62. The number of amides is 1. The van der Waals surface area contributed by atoms with Crippen LogP contribution in [0.3, 0.4) is 0 Å². The van der Waals surface area contributed by atoms with Crippen LogP contribution in [0.2, 0.25) is 0 Å². The van der Waals surface area contributed by atoms with E-state index in [2.05, 4.69) is 10.6 Å². The minimum absolute atomic E-state index is 0. The third-order valence-electron chi connectivity index (χ3n) is 4.84. The molecule has 2 saturated heterocycles. The fraction of sp³-hybridized carbons (Fsp3) is 0.632. The predicted molar refractivity (Wildman–Crippen MR) is 99.5 cm³/mol. The van der Waals surface area contributed by atoms with E-state index < -0.39 is 0 Å². The molecule has 2 N–H and O–H groups in total. The summed E-state index contributed by atoms with van der Waals surface area (Å²) in [5, 5.41) is 6.68. The molecular formula is C19H29ClN2O2. The molecule has 1 amide bonds. The number of carbonyl (C=O) groups is 1. The molecule has 134 valence electrons. The Morgan fingerprint density at radius 3 is 2.67 bits per heavy atom. The van der Waals surface area contributed by atoms with Crippen LogP contribution in [0, 0.1) is 5.92 Å². The molecule has 2 atom stereocenters. The zero-order valence-corrected chi connectivity index (χ0v) is 15.4. The van der Waals surface area contributed by atoms with Crippen molar-refractivity contribution in [3.63, 3.8) is 0 Å². The maximum atomic E-state index is 12.3. The third kappa shape index (κ3) is 5.47. The SMILES string of the molecule is CC(C)OCc1cccc(NC(=O)CC2CC3CCC(C2)N3)c1.Cl. The quantitative estimate of drug-likeness (QED) is 0.816. The van der Waals surface area contributed by atoms with Crippen LogP contribution < -0.4 is 10.6 Å². The Kier molecular flexibility index (Phi) is 7.08. The molecule has 1 aromatic rings. The normalized spacial score (nSPS) is 25.4. The predicted octanol–water partition coefficient (Wildman–Crippen LogP) is 3.89. The molecule has 2 heterocycles. The van der Waals surface area contributed by atoms with Gasteiger partial charge in [-0.3, -0.25) is 4.79 Å². The smallest absolute Gasteiger partial charge is 0.224 e. The number of benzene rings is 1. The summed E-state index contributed by atoms with van der Waals surface area (Å²) >= 11 is 0. The zero-order valence-electron chi connectivity index (χ0n) is 14.6. The Labute approximate surface area is 151 Å². The van der Waals surface area contributed by atoms with E-state index in [1.165, 1.54) is 12.8 Å². The van der Waals surface area contributed by atoms with Crippen molar-refractivity contribution in [1.82, 2.24) is 5.32 Å². The fourth-order valence-corrected chi connectivity index (χ4v) is 3.82. The molecule has 2 bridgehead atoms. The van der Waals surface area contributed by atoms with Gasteiger partial charge in [-0.25, -0.2) is 0 Å². The van der Waals surface area contributed by atoms with Crippen molar-refractivity contribution in [2.45, 2.75) is 70.7 Å². The molecule has 2 unspecified atom stereocenters. The Morgan fingerprint density at radius 1 is 1.29 bits per heavy atom. The Bertz CT molecular complexity index is 538. The summed E-state index contributed by atoms with van der Waals surface area (Å²) in [6.07, 6.45) is 5.70. The van der Waals surface area contributed by atoms with E-state index in [9.17, 15) is 4.79 Å². The average molecular weight is 353 g/mol. The van der Waals surface area contributed by atoms with Crippen molar-refractivity contribution in [2.75, 3.05) is 5.32 Å². The average Bonchev–Trinajstić information content (AvgIpc) is 2.84. The molecule has 2 aliphatic heterocycles. The van der Waals surface area contributed by atoms with Crippen LogP contribution in [0.5, 0.6) is 0 Å². The molecule has 5 heteroatoms. The zero-order chi connectivity index (χ0) is 16.2. The Balaban J connectivity index is 0.00000208. The highest BCUT2D eigenvalue weighted by Gasteiger charge is 2.34. The van der Waals surface area contributed by atoms with Crippen LogP contribution in [-0.4, -0.2) is 24.1 Å². The van der Waals surface area contributed by atoms with Gasteiger partial charge in [-0.05, 0) is 63.1 Å². The van der Waals surface area contributed by atoms with Gasteiger partial charge in [-0.1, -0.05) is 12.1 Å². The number of hydrogen-bond donors (Lipinski definition) is 2. The van der Waals surface area contributed by atoms with Gasteiger partial charge in [0, 0.05) is 24.2 Å². The van der Waals surface area contributed by atoms with Gasteiger partial charge >= 0.3 is 0 Å². The number of fused-ring (bicyclic) bond motifs is 2. The first-order valence-electron chi connectivity index (χ1n) is 8.85. The van der Waals surface area contributed by atoms with Crippen molar-refractivity contribution in [1.29, 1.82) is 0 Å². The van der Waals surface area contributed by atoms with Crippen LogP contribution in [0.15, 0.2) is 24.3 Å². The number of rotatable bonds is 6. The summed E-state index contributed by atoms with van der Waals surface area (Å²) in [6, 6.07) is 9.24. The molecule has 0 spiro atoms. The Hall–Kier alpha value is -1.10. The first-order valence-corrected chi connectivity index (χ1v) is 8.85. The van der Waals surface area contributed by atoms with E-state index in [1.54, 1.807) is 0 Å². The highest BCUT2D eigenvalue weighted by atomic mass is 35.5. The standard InChI is InChI=1S/C19H28N2O2.ClH/c1-13(2)23-12-14-4-3-5-16(8-14)21-19(22)11-15-9-17-6-7-18(10-15)20-17;/h3-5,8,13,15,17-18,20H,6-7,9-12H2,1-2H3,(H,21,22);1H. The number of piperidine rings is 1. The Morgan fingerprint density at radius 2 is 2.00 bits per heavy atom. The van der Waals surface area contributed by atoms with Crippen molar-refractivity contribution in [3.05, 3.63) is 29.8 Å². The van der Waals surface area contributed by atoms with E-state index in [0.29, 0.717) is 31.0 Å². The van der Waals surface area contributed by atoms with E-state index in [-0.39, 0.29) is 24.4 Å². The van der Waals surface area contributed by atoms with E-state index in [4.69, 9.17) is 4.74 Å². The molecule has 3 rings (SSSR count). The summed E-state index contributed by atoms with van der Waals surface area (Å²) in [4.78, 5) is 12.3. The van der Waals surface area contributed by atoms with Crippen LogP contribution in [0.25, 0.3) is 0 Å². The highest BCUT2D eigenvalue weighted by Crippen LogP contribution is 2.32. The van der Waals surface area contributed by atoms with Gasteiger partial charge in [-0.15, -0.1) is 12.4 Å². The molecule has 0 radical (unpaired) electrons. The summed E-state index contributed by atoms with van der Waals surface area (Å²) in [5.74, 6) is 0.666. The maximum Gasteiger partial charge on any atom is 0.224 e. The lowest BCUT2D eigenvalue weighted by Crippen LogP contribution is -2.39. The summed E-state index contributed by atoms with van der Waals surface area (Å²) in [7, 11) is 0. The van der Waals surface area contributed by atoms with Gasteiger partial charge in [0.05, 0.1) is 12.7 Å². The van der Waals surface area contributed by atoms with E-state index in [1.807, 2.05) is 38.1 Å². The molecular weight excluding hydrogens is 324 g/mol. The lowest BCUT2D eigenvalue weighted by Gasteiger charge is -2.28. The second-order valence-electron chi connectivity index (χ2n) is 7.29. The number of halogens is 1. The van der Waals surface area contributed by atoms with E-state index >= 15 is 0 Å². The molecule has 1 aromatic carbocycles. The van der Waals surface area contributed by atoms with Gasteiger partial charge in [0.25, 0.3) is 0 Å². The van der Waals surface area contributed by atoms with Crippen LogP contribution in [0.4, 0.5) is 5.69 Å². The van der Waals surface area contributed by atoms with Gasteiger partial charge < -0.3 is 15.4 Å². The second kappa shape index (κ2) is 8.84. The van der Waals surface area contributed by atoms with Gasteiger partial charge in [0.15, 0.2) is 0 Å². The van der Waals surface area contributed by atoms with Crippen LogP contribution in [0.1, 0.15) is 51.5 Å². The maximum absolute atomic E-state index is 12.3. The molecule has 0 aliphatic carbocycles. The van der Waals surface area contributed by atoms with Crippen molar-refractivity contribution < 1.29 is 9.53 Å². The number of anilines is 1. The molecule has 2 aliphatic rings. The first-order chi connectivity index (χ1) is 11.1. The number of ether oxygens (including phenoxy) is 1. The monoisotopic (exact) mass is 352 g/mol. The number of hydrogen-bond acceptors (Lipinski definition) is 3. The minimum atomic E-state index is 0. The first kappa shape index (κ1) is 19.2.